The molecule has 2 bridgehead atoms. The molecule has 0 radical (unpaired) electrons. The maximum Gasteiger partial charge on any atom is 0.407 e. The van der Waals surface area contributed by atoms with Gasteiger partial charge in [-0.3, -0.25) is 9.59 Å². The fourth-order valence-corrected chi connectivity index (χ4v) is 10.5. The molecule has 9 rings (SSSR count). The van der Waals surface area contributed by atoms with Crippen molar-refractivity contribution in [2.75, 3.05) is 21.3 Å². The number of fused-ring (bicyclic) bond motifs is 6. The molecule has 5 aromatic rings. The van der Waals surface area contributed by atoms with E-state index in [4.69, 9.17) is 24.2 Å². The van der Waals surface area contributed by atoms with Gasteiger partial charge in [-0.05, 0) is 90.5 Å². The predicted molar refractivity (Wildman–Crippen MR) is 228 cm³/mol. The molecule has 4 heterocycles. The zero-order valence-electron chi connectivity index (χ0n) is 35.6. The average molecular weight is 831 g/mol. The summed E-state index contributed by atoms with van der Waals surface area (Å²) in [6, 6.07) is 17.0. The van der Waals surface area contributed by atoms with E-state index in [2.05, 4.69) is 82.1 Å². The van der Waals surface area contributed by atoms with E-state index in [1.165, 1.54) is 21.3 Å². The van der Waals surface area contributed by atoms with E-state index in [1.54, 1.807) is 6.92 Å². The molecule has 61 heavy (non-hydrogen) atoms. The molecule has 4 amide bonds. The molecule has 4 fully saturated rings. The third-order valence-electron chi connectivity index (χ3n) is 13.9. The summed E-state index contributed by atoms with van der Waals surface area (Å²) in [7, 11) is 4.10. The fraction of sp³-hybridized carbons (Fsp3) is 0.478. The molecule has 2 aromatic heterocycles. The third kappa shape index (κ3) is 7.05. The van der Waals surface area contributed by atoms with Crippen LogP contribution in [0.25, 0.3) is 44.2 Å². The molecular weight excluding hydrogens is 777 g/mol. The van der Waals surface area contributed by atoms with Gasteiger partial charge in [0.1, 0.15) is 23.7 Å². The van der Waals surface area contributed by atoms with Gasteiger partial charge in [-0.2, -0.15) is 0 Å². The maximum atomic E-state index is 14.1. The monoisotopic (exact) mass is 830 g/mol. The first-order chi connectivity index (χ1) is 29.4. The van der Waals surface area contributed by atoms with Gasteiger partial charge in [0, 0.05) is 24.6 Å². The number of imidazole rings is 2. The van der Waals surface area contributed by atoms with Crippen LogP contribution in [0.4, 0.5) is 9.59 Å². The van der Waals surface area contributed by atoms with Crippen molar-refractivity contribution in [2.45, 2.75) is 95.7 Å². The number of benzene rings is 3. The van der Waals surface area contributed by atoms with Crippen LogP contribution >= 0.6 is 0 Å². The Morgan fingerprint density at radius 2 is 1.48 bits per heavy atom. The highest BCUT2D eigenvalue weighted by atomic mass is 16.5. The first-order valence-electron chi connectivity index (χ1n) is 21.3. The van der Waals surface area contributed by atoms with Crippen LogP contribution in [0.2, 0.25) is 0 Å². The Bertz CT molecular complexity index is 2500. The van der Waals surface area contributed by atoms with Crippen LogP contribution in [-0.2, 0) is 23.8 Å². The Morgan fingerprint density at radius 1 is 0.787 bits per heavy atom. The molecule has 2 saturated carbocycles. The molecular formula is C46H54N8O7. The van der Waals surface area contributed by atoms with Crippen LogP contribution in [0, 0.1) is 23.7 Å². The Balaban J connectivity index is 0.935. The van der Waals surface area contributed by atoms with Crippen molar-refractivity contribution in [3.05, 3.63) is 72.4 Å². The SMILES string of the molecule is COC(=O)N[C@H](C(=O)N1C2C(C[C@H]1c1nc3c(ccc4cc(-c5ccc(-c6cnc([C@@H]7[C@H]8CC[C@H](C8)N7C(=O)[C@@H](NC(=O)OC)[C@@H](C)OC)[nH]6)cc5)ccc43)[nH]1)[C@H]2C)C(C)C. The number of amides is 4. The highest BCUT2D eigenvalue weighted by Crippen LogP contribution is 2.58. The second kappa shape index (κ2) is 15.8. The van der Waals surface area contributed by atoms with Gasteiger partial charge in [-0.25, -0.2) is 19.6 Å². The number of aromatic amines is 2. The minimum Gasteiger partial charge on any atom is -0.453 e. The normalized spacial score (nSPS) is 25.4. The number of carbonyl (C=O) groups excluding carboxylic acids is 4. The van der Waals surface area contributed by atoms with E-state index in [0.29, 0.717) is 11.8 Å². The summed E-state index contributed by atoms with van der Waals surface area (Å²) < 4.78 is 15.2. The lowest BCUT2D eigenvalue weighted by Crippen LogP contribution is -2.56. The van der Waals surface area contributed by atoms with Crippen molar-refractivity contribution in [3.8, 4) is 22.4 Å². The zero-order chi connectivity index (χ0) is 42.9. The molecule has 15 heteroatoms. The minimum absolute atomic E-state index is 0.0676. The topological polar surface area (TPSA) is 184 Å². The summed E-state index contributed by atoms with van der Waals surface area (Å²) in [5.41, 5.74) is 5.72. The van der Waals surface area contributed by atoms with E-state index >= 15 is 0 Å². The maximum absolute atomic E-state index is 14.1. The van der Waals surface area contributed by atoms with Gasteiger partial charge in [-0.15, -0.1) is 0 Å². The van der Waals surface area contributed by atoms with Gasteiger partial charge in [-0.1, -0.05) is 63.2 Å². The Morgan fingerprint density at radius 3 is 2.18 bits per heavy atom. The van der Waals surface area contributed by atoms with E-state index < -0.39 is 30.4 Å². The van der Waals surface area contributed by atoms with Crippen molar-refractivity contribution in [2.24, 2.45) is 23.7 Å². The predicted octanol–water partition coefficient (Wildman–Crippen LogP) is 6.87. The van der Waals surface area contributed by atoms with Gasteiger partial charge in [0.2, 0.25) is 11.8 Å². The highest BCUT2D eigenvalue weighted by Gasteiger charge is 2.61. The van der Waals surface area contributed by atoms with E-state index in [-0.39, 0.29) is 47.8 Å². The summed E-state index contributed by atoms with van der Waals surface area (Å²) in [5.74, 6) is 2.15. The number of H-pyrrole nitrogens is 2. The number of rotatable bonds is 11. The number of carbonyl (C=O) groups is 4. The van der Waals surface area contributed by atoms with Crippen LogP contribution < -0.4 is 10.6 Å². The number of methoxy groups -OCH3 is 3. The number of nitrogens with one attached hydrogen (secondary N) is 4. The second-order valence-corrected chi connectivity index (χ2v) is 17.6. The molecule has 15 nitrogen and oxygen atoms in total. The third-order valence-corrected chi connectivity index (χ3v) is 13.9. The summed E-state index contributed by atoms with van der Waals surface area (Å²) in [6.45, 7) is 7.80. The first-order valence-corrected chi connectivity index (χ1v) is 21.3. The molecule has 4 N–H and O–H groups in total. The van der Waals surface area contributed by atoms with Gasteiger partial charge in [0.05, 0.1) is 55.3 Å². The number of nitrogens with zero attached hydrogens (tertiary/aromatic N) is 4. The van der Waals surface area contributed by atoms with E-state index in [0.717, 1.165) is 81.5 Å². The molecule has 2 aliphatic carbocycles. The van der Waals surface area contributed by atoms with Crippen LogP contribution in [0.1, 0.15) is 77.1 Å². The molecule has 2 saturated heterocycles. The summed E-state index contributed by atoms with van der Waals surface area (Å²) in [4.78, 5) is 73.4. The van der Waals surface area contributed by atoms with Crippen molar-refractivity contribution >= 4 is 45.8 Å². The van der Waals surface area contributed by atoms with Gasteiger partial charge in [0.25, 0.3) is 0 Å². The second-order valence-electron chi connectivity index (χ2n) is 17.6. The van der Waals surface area contributed by atoms with Gasteiger partial charge in [0.15, 0.2) is 0 Å². The number of aromatic nitrogens is 4. The van der Waals surface area contributed by atoms with E-state index in [1.807, 2.05) is 29.8 Å². The summed E-state index contributed by atoms with van der Waals surface area (Å²) >= 11 is 0. The molecule has 2 unspecified atom stereocenters. The summed E-state index contributed by atoms with van der Waals surface area (Å²) in [6.07, 6.45) is 3.61. The molecule has 320 valence electrons. The number of hydrogen-bond donors (Lipinski definition) is 4. The average Bonchev–Trinajstić information content (AvgIpc) is 4.00. The Hall–Kier alpha value is -5.96. The molecule has 10 atom stereocenters. The number of ether oxygens (including phenoxy) is 3. The van der Waals surface area contributed by atoms with Crippen LogP contribution in [0.3, 0.4) is 0 Å². The van der Waals surface area contributed by atoms with Crippen molar-refractivity contribution in [3.63, 3.8) is 0 Å². The van der Waals surface area contributed by atoms with Gasteiger partial charge >= 0.3 is 12.2 Å². The van der Waals surface area contributed by atoms with Crippen LogP contribution in [0.5, 0.6) is 0 Å². The lowest BCUT2D eigenvalue weighted by molar-refractivity contribution is -0.141. The number of likely N-dealkylation sites (tertiary alicyclic amines) is 2. The number of alkyl carbamates (subject to hydrolysis) is 2. The zero-order valence-corrected chi connectivity index (χ0v) is 35.6. The fourth-order valence-electron chi connectivity index (χ4n) is 10.5. The van der Waals surface area contributed by atoms with Crippen LogP contribution in [0.15, 0.2) is 60.8 Å². The number of hydrogen-bond acceptors (Lipinski definition) is 9. The van der Waals surface area contributed by atoms with Crippen LogP contribution in [-0.4, -0.2) is 105 Å². The van der Waals surface area contributed by atoms with E-state index in [9.17, 15) is 19.2 Å². The largest absolute Gasteiger partial charge is 0.453 e. The standard InChI is InChI=1S/C46H54N8O7/c1-22(2)36(51-45(57)60-6)43(55)54-35(20-32-23(3)39(32)54)41-48-33-17-14-28-18-27(13-16-31(28)38(33)50-41)25-8-10-26(11-9-25)34-21-47-42(49-34)40-29-12-15-30(19-29)53(40)44(56)37(24(4)59-5)52-46(58)61-7/h8-11,13-14,16-18,21-24,29-30,32,35-37,39-40H,12,15,19-20H2,1-7H3,(H,47,49)(H,48,50)(H,51,57)(H,52,58)/t23-,24-,29+,30-,32?,35+,36+,37+,39?,40+/m1/s1. The Labute approximate surface area is 354 Å². The molecule has 2 aliphatic heterocycles. The smallest absolute Gasteiger partial charge is 0.407 e. The lowest BCUT2D eigenvalue weighted by atomic mass is 9.97. The quantitative estimate of drug-likeness (QED) is 0.110. The van der Waals surface area contributed by atoms with Crippen molar-refractivity contribution in [1.29, 1.82) is 0 Å². The lowest BCUT2D eigenvalue weighted by Gasteiger charge is -2.37. The van der Waals surface area contributed by atoms with Gasteiger partial charge < -0.3 is 44.6 Å². The first kappa shape index (κ1) is 40.4. The summed E-state index contributed by atoms with van der Waals surface area (Å²) in [5, 5.41) is 7.53. The Kier molecular flexibility index (Phi) is 10.5. The molecule has 4 aliphatic rings. The molecule has 3 aromatic carbocycles. The van der Waals surface area contributed by atoms with Crippen molar-refractivity contribution < 1.29 is 33.4 Å². The van der Waals surface area contributed by atoms with Crippen molar-refractivity contribution in [1.82, 2.24) is 40.4 Å². The molecule has 0 spiro atoms. The number of piperidine rings is 2. The highest BCUT2D eigenvalue weighted by molar-refractivity contribution is 6.05. The minimum atomic E-state index is -0.893.